The van der Waals surface area contributed by atoms with Crippen LogP contribution in [0.15, 0.2) is 309 Å². The zero-order chi connectivity index (χ0) is 82.7. The van der Waals surface area contributed by atoms with Crippen molar-refractivity contribution in [3.8, 4) is 73.1 Å². The summed E-state index contributed by atoms with van der Waals surface area (Å²) in [5.74, 6) is 6.81. The zero-order valence-electron chi connectivity index (χ0n) is 70.0. The monoisotopic (exact) mass is 1650 g/mol. The summed E-state index contributed by atoms with van der Waals surface area (Å²) in [6, 6.07) is 114. The van der Waals surface area contributed by atoms with E-state index < -0.39 is 11.7 Å². The standard InChI is InChI=1S/C59H40F3N3S.C58H50N2/c60-59(61,62)38-19-20-43-46-29-36(16-21-48(46)58(49(43)31-38)39-25-32-24-33(27-39)28-40(58)26-32)37-18-22-50-47(30-37)53-42-12-4-2-9-35(42)17-23-51(53)65(50)57-63-54(44-14-7-10-34-8-1-3-11-41(34)44)56-55(64-57)45-13-5-6-15-52(45)66-56;1-2-12-38(13-3-1)41-31-44(59-54-19-9-5-15-47(54)48-16-6-10-20-55(48)59)35-45(32-41)60-56-21-11-7-17-49(56)51-34-40(23-25-57(51)60)39-22-24-53-50(33-39)46-14-4-8-18-52(46)58(53)42-27-36-26-37(29-42)30-43(58)28-36/h1-23,29-33,39-40H,24-28H2;4-11,14-25,31-38,42-43H,1-3,12-13,26-30H2. The van der Waals surface area contributed by atoms with Crippen molar-refractivity contribution < 1.29 is 13.2 Å². The third-order valence-corrected chi connectivity index (χ3v) is 34.2. The van der Waals surface area contributed by atoms with Gasteiger partial charge in [0.05, 0.1) is 54.6 Å². The number of benzene rings is 15. The Morgan fingerprint density at radius 1 is 0.317 bits per heavy atom. The van der Waals surface area contributed by atoms with Gasteiger partial charge in [-0.15, -0.1) is 11.3 Å². The third kappa shape index (κ3) is 10.3. The van der Waals surface area contributed by atoms with E-state index >= 15 is 0 Å². The topological polar surface area (TPSA) is 40.6 Å². The lowest BCUT2D eigenvalue weighted by molar-refractivity contribution is -0.137. The number of halogens is 3. The lowest BCUT2D eigenvalue weighted by atomic mass is 9.43. The summed E-state index contributed by atoms with van der Waals surface area (Å²) in [4.78, 5) is 11.0. The fourth-order valence-corrected chi connectivity index (χ4v) is 29.7. The number of alkyl halides is 3. The van der Waals surface area contributed by atoms with Crippen LogP contribution in [-0.2, 0) is 17.0 Å². The molecule has 5 aromatic heterocycles. The molecule has 8 bridgehead atoms. The minimum Gasteiger partial charge on any atom is -0.309 e. The smallest absolute Gasteiger partial charge is 0.309 e. The number of thiophene rings is 1. The SMILES string of the molecule is FC(F)(F)c1ccc2c(c1)C1(c3ccc(-c4ccc5c(c4)c4c6ccccc6ccc4n5-c4nc(-c5cccc6ccccc56)c5sc6ccccc6c5n4)cc3-2)C2CC3CC(C2)CC1C3.c1ccc2c(c1)-c1cc(-c3ccc4c(c3)c3ccccc3n4-c3cc(C4CCCCC4)cc(-n4c5ccccc5c5ccccc54)c3)ccc1C21C2CC3CC(C2)CC1C3. The molecule has 0 atom stereocenters. The van der Waals surface area contributed by atoms with Crippen LogP contribution in [-0.4, -0.2) is 23.7 Å². The molecule has 0 N–H and O–H groups in total. The molecule has 0 amide bonds. The van der Waals surface area contributed by atoms with Crippen LogP contribution in [0.5, 0.6) is 0 Å². The molecule has 11 aliphatic carbocycles. The summed E-state index contributed by atoms with van der Waals surface area (Å²) in [5, 5.41) is 13.2. The van der Waals surface area contributed by atoms with Crippen molar-refractivity contribution in [1.82, 2.24) is 23.7 Å². The Morgan fingerprint density at radius 2 is 0.778 bits per heavy atom. The number of nitrogens with zero attached hydrogens (tertiary/aromatic N) is 5. The predicted octanol–water partition coefficient (Wildman–Crippen LogP) is 31.6. The van der Waals surface area contributed by atoms with Gasteiger partial charge < -0.3 is 9.13 Å². The van der Waals surface area contributed by atoms with Crippen LogP contribution in [0.1, 0.15) is 136 Å². The van der Waals surface area contributed by atoms with Gasteiger partial charge in [-0.25, -0.2) is 9.97 Å². The lowest BCUT2D eigenvalue weighted by Crippen LogP contribution is -2.55. The molecule has 5 nitrogen and oxygen atoms in total. The van der Waals surface area contributed by atoms with Crippen molar-refractivity contribution in [3.05, 3.63) is 343 Å². The second kappa shape index (κ2) is 26.9. The van der Waals surface area contributed by atoms with Gasteiger partial charge in [-0.1, -0.05) is 232 Å². The van der Waals surface area contributed by atoms with Gasteiger partial charge in [-0.2, -0.15) is 13.2 Å². The maximum atomic E-state index is 14.5. The summed E-state index contributed by atoms with van der Waals surface area (Å²) >= 11 is 1.74. The number of rotatable bonds is 7. The largest absolute Gasteiger partial charge is 0.416 e. The molecular formula is C117H90F3N5S. The highest BCUT2D eigenvalue weighted by atomic mass is 32.1. The molecule has 9 heteroatoms. The average Bonchev–Trinajstić information content (AvgIpc) is 1.50. The highest BCUT2D eigenvalue weighted by Crippen LogP contribution is 2.72. The Bertz CT molecular complexity index is 7960. The van der Waals surface area contributed by atoms with Crippen LogP contribution in [0.4, 0.5) is 13.2 Å². The number of fused-ring (bicyclic) bond motifs is 21. The van der Waals surface area contributed by atoms with Gasteiger partial charge >= 0.3 is 6.18 Å². The minimum atomic E-state index is -4.40. The quantitative estimate of drug-likeness (QED) is 0.160. The first-order chi connectivity index (χ1) is 62.0. The van der Waals surface area contributed by atoms with Gasteiger partial charge in [0.25, 0.3) is 0 Å². The summed E-state index contributed by atoms with van der Waals surface area (Å²) < 4.78 is 53.0. The van der Waals surface area contributed by atoms with E-state index in [4.69, 9.17) is 9.97 Å². The summed E-state index contributed by atoms with van der Waals surface area (Å²) in [6.07, 6.45) is 15.0. The van der Waals surface area contributed by atoms with Crippen LogP contribution in [0, 0.1) is 47.3 Å². The molecule has 2 spiro atoms. The van der Waals surface area contributed by atoms with Crippen molar-refractivity contribution in [3.63, 3.8) is 0 Å². The molecule has 15 aromatic carbocycles. The average molecular weight is 1660 g/mol. The van der Waals surface area contributed by atoms with E-state index in [2.05, 4.69) is 305 Å². The first-order valence-electron chi connectivity index (χ1n) is 46.4. The van der Waals surface area contributed by atoms with E-state index in [9.17, 15) is 13.2 Å². The van der Waals surface area contributed by atoms with Gasteiger partial charge in [-0.3, -0.25) is 4.57 Å². The van der Waals surface area contributed by atoms with Crippen LogP contribution >= 0.6 is 11.3 Å². The van der Waals surface area contributed by atoms with E-state index in [0.717, 1.165) is 147 Å². The Labute approximate surface area is 732 Å². The lowest BCUT2D eigenvalue weighted by Gasteiger charge is -2.61. The first-order valence-corrected chi connectivity index (χ1v) is 47.2. The first kappa shape index (κ1) is 72.6. The van der Waals surface area contributed by atoms with Crippen molar-refractivity contribution in [2.75, 3.05) is 0 Å². The van der Waals surface area contributed by atoms with Crippen molar-refractivity contribution in [2.45, 2.75) is 119 Å². The van der Waals surface area contributed by atoms with E-state index in [1.54, 1.807) is 28.5 Å². The number of para-hydroxylation sites is 3. The van der Waals surface area contributed by atoms with Crippen LogP contribution in [0.2, 0.25) is 0 Å². The van der Waals surface area contributed by atoms with Crippen molar-refractivity contribution >= 4 is 119 Å². The summed E-state index contributed by atoms with van der Waals surface area (Å²) in [6.45, 7) is 0. The Balaban J connectivity index is 0.000000129. The molecule has 0 saturated heterocycles. The highest BCUT2D eigenvalue weighted by molar-refractivity contribution is 7.26. The molecule has 0 unspecified atom stereocenters. The van der Waals surface area contributed by atoms with Crippen molar-refractivity contribution in [2.24, 2.45) is 47.3 Å². The molecule has 11 aliphatic rings. The second-order valence-electron chi connectivity index (χ2n) is 39.2. The number of hydrogen-bond acceptors (Lipinski definition) is 3. The number of aromatic nitrogens is 5. The van der Waals surface area contributed by atoms with Gasteiger partial charge in [0.2, 0.25) is 5.95 Å². The van der Waals surface area contributed by atoms with E-state index in [0.29, 0.717) is 35.5 Å². The molecule has 9 fully saturated rings. The van der Waals surface area contributed by atoms with E-state index in [1.165, 1.54) is 176 Å². The molecule has 610 valence electrons. The maximum absolute atomic E-state index is 14.5. The summed E-state index contributed by atoms with van der Waals surface area (Å²) in [7, 11) is 0. The predicted molar refractivity (Wildman–Crippen MR) is 513 cm³/mol. The van der Waals surface area contributed by atoms with Gasteiger partial charge in [-0.05, 0) is 321 Å². The fourth-order valence-electron chi connectivity index (χ4n) is 28.6. The molecular weight excluding hydrogens is 1560 g/mol. The van der Waals surface area contributed by atoms with Crippen molar-refractivity contribution in [1.29, 1.82) is 0 Å². The molecule has 0 radical (unpaired) electrons. The maximum Gasteiger partial charge on any atom is 0.416 e. The highest BCUT2D eigenvalue weighted by Gasteiger charge is 2.63. The second-order valence-corrected chi connectivity index (χ2v) is 40.2. The van der Waals surface area contributed by atoms with Gasteiger partial charge in [0.15, 0.2) is 0 Å². The van der Waals surface area contributed by atoms with Crippen LogP contribution < -0.4 is 0 Å². The van der Waals surface area contributed by atoms with Crippen LogP contribution in [0.3, 0.4) is 0 Å². The van der Waals surface area contributed by atoms with Gasteiger partial charge in [0, 0.05) is 70.2 Å². The Hall–Kier alpha value is -12.7. The Kier molecular flexibility index (Phi) is 15.5. The molecule has 126 heavy (non-hydrogen) atoms. The molecule has 31 rings (SSSR count). The zero-order valence-corrected chi connectivity index (χ0v) is 70.8. The molecule has 5 heterocycles. The molecule has 0 aliphatic heterocycles. The van der Waals surface area contributed by atoms with E-state index in [-0.39, 0.29) is 10.8 Å². The fraction of sp³-hybridized carbons (Fsp3) is 0.231. The molecule has 9 saturated carbocycles. The number of hydrogen-bond donors (Lipinski definition) is 0. The van der Waals surface area contributed by atoms with Crippen LogP contribution in [0.25, 0.3) is 180 Å². The Morgan fingerprint density at radius 3 is 1.40 bits per heavy atom. The third-order valence-electron chi connectivity index (χ3n) is 33.1. The normalized spacial score (nSPS) is 23.1. The summed E-state index contributed by atoms with van der Waals surface area (Å²) in [5.41, 5.74) is 28.6. The van der Waals surface area contributed by atoms with Gasteiger partial charge in [0.1, 0.15) is 0 Å². The molecule has 20 aromatic rings. The van der Waals surface area contributed by atoms with E-state index in [1.807, 2.05) is 0 Å². The minimum absolute atomic E-state index is 0.208.